The van der Waals surface area contributed by atoms with E-state index in [-0.39, 0.29) is 17.3 Å². The molecule has 0 saturated carbocycles. The molecular weight excluding hydrogens is 390 g/mol. The molecule has 0 aromatic heterocycles. The van der Waals surface area contributed by atoms with E-state index in [9.17, 15) is 13.2 Å². The summed E-state index contributed by atoms with van der Waals surface area (Å²) in [6.07, 6.45) is 0. The zero-order valence-electron chi connectivity index (χ0n) is 17.9. The van der Waals surface area contributed by atoms with Crippen LogP contribution in [0, 0.1) is 13.8 Å². The molecule has 0 bridgehead atoms. The number of quaternary nitrogens is 1. The molecule has 1 unspecified atom stereocenters. The van der Waals surface area contributed by atoms with Gasteiger partial charge in [-0.1, -0.05) is 23.8 Å². The number of hydrogen-bond donors (Lipinski definition) is 2. The van der Waals surface area contributed by atoms with Gasteiger partial charge in [-0.25, -0.2) is 12.7 Å². The summed E-state index contributed by atoms with van der Waals surface area (Å²) in [6, 6.07) is 10.7. The lowest BCUT2D eigenvalue weighted by molar-refractivity contribution is -0.885. The number of benzene rings is 2. The Morgan fingerprint density at radius 2 is 1.83 bits per heavy atom. The molecule has 0 spiro atoms. The molecule has 158 valence electrons. The fraction of sp³-hybridized carbons (Fsp3) is 0.381. The lowest BCUT2D eigenvalue weighted by atomic mass is 10.1. The minimum absolute atomic E-state index is 0.0922. The number of carbonyl (C=O) groups excluding carboxylic acids is 1. The second kappa shape index (κ2) is 9.39. The molecule has 2 rings (SSSR count). The number of carbonyl (C=O) groups is 1. The number of rotatable bonds is 8. The van der Waals surface area contributed by atoms with E-state index in [4.69, 9.17) is 4.74 Å². The molecule has 1 atom stereocenters. The fourth-order valence-electron chi connectivity index (χ4n) is 3.06. The third-order valence-corrected chi connectivity index (χ3v) is 6.49. The van der Waals surface area contributed by atoms with Gasteiger partial charge in [0.25, 0.3) is 5.91 Å². The van der Waals surface area contributed by atoms with Crippen molar-refractivity contribution in [3.8, 4) is 5.75 Å². The van der Waals surface area contributed by atoms with Gasteiger partial charge in [-0.2, -0.15) is 0 Å². The van der Waals surface area contributed by atoms with E-state index in [1.165, 1.54) is 56.1 Å². The van der Waals surface area contributed by atoms with Crippen molar-refractivity contribution in [2.45, 2.75) is 25.3 Å². The van der Waals surface area contributed by atoms with Crippen LogP contribution in [0.25, 0.3) is 0 Å². The Balaban J connectivity index is 2.13. The number of anilines is 1. The third-order valence-electron chi connectivity index (χ3n) is 4.68. The van der Waals surface area contributed by atoms with Crippen molar-refractivity contribution in [3.05, 3.63) is 53.1 Å². The monoisotopic (exact) mass is 420 g/mol. The lowest BCUT2D eigenvalue weighted by Gasteiger charge is -2.17. The molecule has 1 amide bonds. The van der Waals surface area contributed by atoms with Crippen molar-refractivity contribution >= 4 is 21.6 Å². The van der Waals surface area contributed by atoms with Gasteiger partial charge in [0.15, 0.2) is 6.54 Å². The average molecular weight is 421 g/mol. The predicted molar refractivity (Wildman–Crippen MR) is 114 cm³/mol. The third kappa shape index (κ3) is 5.79. The van der Waals surface area contributed by atoms with Crippen LogP contribution in [-0.2, 0) is 21.4 Å². The molecule has 0 radical (unpaired) electrons. The van der Waals surface area contributed by atoms with Crippen LogP contribution < -0.4 is 15.0 Å². The van der Waals surface area contributed by atoms with E-state index in [2.05, 4.69) is 37.4 Å². The van der Waals surface area contributed by atoms with Crippen LogP contribution >= 0.6 is 0 Å². The predicted octanol–water partition coefficient (Wildman–Crippen LogP) is 1.22. The normalized spacial score (nSPS) is 12.7. The van der Waals surface area contributed by atoms with Gasteiger partial charge in [0.05, 0.1) is 24.7 Å². The van der Waals surface area contributed by atoms with Crippen molar-refractivity contribution in [2.24, 2.45) is 0 Å². The van der Waals surface area contributed by atoms with Gasteiger partial charge in [-0.05, 0) is 37.6 Å². The summed E-state index contributed by atoms with van der Waals surface area (Å²) in [5.41, 5.74) is 3.94. The molecule has 0 aliphatic rings. The fourth-order valence-corrected chi connectivity index (χ4v) is 3.98. The summed E-state index contributed by atoms with van der Waals surface area (Å²) in [5.74, 6) is 0.188. The number of ether oxygens (including phenoxy) is 1. The van der Waals surface area contributed by atoms with E-state index >= 15 is 0 Å². The first-order chi connectivity index (χ1) is 13.5. The molecule has 0 saturated heterocycles. The first-order valence-corrected chi connectivity index (χ1v) is 10.8. The molecule has 8 heteroatoms. The van der Waals surface area contributed by atoms with Crippen LogP contribution in [0.1, 0.15) is 16.7 Å². The Bertz CT molecular complexity index is 987. The second-order valence-corrected chi connectivity index (χ2v) is 9.59. The van der Waals surface area contributed by atoms with Gasteiger partial charge in [0.2, 0.25) is 10.0 Å². The Kier molecular flexibility index (Phi) is 7.40. The molecule has 29 heavy (non-hydrogen) atoms. The summed E-state index contributed by atoms with van der Waals surface area (Å²) in [5, 5.41) is 2.79. The maximum atomic E-state index is 12.6. The summed E-state index contributed by atoms with van der Waals surface area (Å²) in [7, 11) is 2.73. The molecule has 2 N–H and O–H groups in total. The SMILES string of the molecule is COc1ccc(S(=O)(=O)N(C)C)cc1NC(=O)C[NH+](C)Cc1ccc(C)cc1C. The topological polar surface area (TPSA) is 80.2 Å². The van der Waals surface area contributed by atoms with Crippen molar-refractivity contribution in [1.29, 1.82) is 0 Å². The van der Waals surface area contributed by atoms with Crippen LogP contribution in [0.15, 0.2) is 41.3 Å². The largest absolute Gasteiger partial charge is 0.495 e. The quantitative estimate of drug-likeness (QED) is 0.673. The minimum Gasteiger partial charge on any atom is -0.495 e. The van der Waals surface area contributed by atoms with Crippen LogP contribution in [-0.4, -0.2) is 53.4 Å². The maximum absolute atomic E-state index is 12.6. The summed E-state index contributed by atoms with van der Waals surface area (Å²) >= 11 is 0. The molecule has 2 aromatic carbocycles. The molecule has 0 aliphatic carbocycles. The van der Waals surface area contributed by atoms with Gasteiger partial charge < -0.3 is 15.0 Å². The van der Waals surface area contributed by atoms with Gasteiger partial charge in [0.1, 0.15) is 12.3 Å². The Hall–Kier alpha value is -2.42. The van der Waals surface area contributed by atoms with Crippen molar-refractivity contribution in [2.75, 3.05) is 40.1 Å². The zero-order valence-corrected chi connectivity index (χ0v) is 18.7. The smallest absolute Gasteiger partial charge is 0.279 e. The Labute approximate surface area is 173 Å². The number of nitrogens with one attached hydrogen (secondary N) is 2. The lowest BCUT2D eigenvalue weighted by Crippen LogP contribution is -3.08. The van der Waals surface area contributed by atoms with E-state index < -0.39 is 10.0 Å². The Morgan fingerprint density at radius 1 is 1.14 bits per heavy atom. The molecule has 0 aliphatic heterocycles. The van der Waals surface area contributed by atoms with Gasteiger partial charge in [-0.3, -0.25) is 4.79 Å². The maximum Gasteiger partial charge on any atom is 0.279 e. The number of sulfonamides is 1. The molecule has 0 heterocycles. The molecule has 0 fully saturated rings. The number of amides is 1. The highest BCUT2D eigenvalue weighted by molar-refractivity contribution is 7.89. The van der Waals surface area contributed by atoms with Crippen molar-refractivity contribution in [1.82, 2.24) is 4.31 Å². The van der Waals surface area contributed by atoms with Gasteiger partial charge >= 0.3 is 0 Å². The second-order valence-electron chi connectivity index (χ2n) is 7.44. The van der Waals surface area contributed by atoms with E-state index in [0.717, 1.165) is 9.21 Å². The van der Waals surface area contributed by atoms with E-state index in [1.54, 1.807) is 0 Å². The number of hydrogen-bond acceptors (Lipinski definition) is 4. The standard InChI is InChI=1S/C21H29N3O4S/c1-15-7-8-17(16(2)11-15)13-24(5)14-21(25)22-19-12-18(9-10-20(19)28-6)29(26,27)23(3)4/h7-12H,13-14H2,1-6H3,(H,22,25)/p+1. The zero-order chi connectivity index (χ0) is 21.8. The number of likely N-dealkylation sites (N-methyl/N-ethyl adjacent to an activating group) is 1. The molecular formula is C21H30N3O4S+. The van der Waals surface area contributed by atoms with Crippen LogP contribution in [0.4, 0.5) is 5.69 Å². The van der Waals surface area contributed by atoms with Crippen LogP contribution in [0.3, 0.4) is 0 Å². The first-order valence-electron chi connectivity index (χ1n) is 9.32. The average Bonchev–Trinajstić information content (AvgIpc) is 2.63. The molecule has 2 aromatic rings. The highest BCUT2D eigenvalue weighted by atomic mass is 32.2. The summed E-state index contributed by atoms with van der Waals surface area (Å²) < 4.78 is 31.1. The van der Waals surface area contributed by atoms with Gasteiger partial charge in [-0.15, -0.1) is 0 Å². The number of aryl methyl sites for hydroxylation is 2. The summed E-state index contributed by atoms with van der Waals surface area (Å²) in [4.78, 5) is 13.7. The van der Waals surface area contributed by atoms with Gasteiger partial charge in [0, 0.05) is 19.7 Å². The number of nitrogens with zero attached hydrogens (tertiary/aromatic N) is 1. The van der Waals surface area contributed by atoms with Crippen LogP contribution in [0.5, 0.6) is 5.75 Å². The van der Waals surface area contributed by atoms with Crippen LogP contribution in [0.2, 0.25) is 0 Å². The summed E-state index contributed by atoms with van der Waals surface area (Å²) in [6.45, 7) is 5.07. The highest BCUT2D eigenvalue weighted by Crippen LogP contribution is 2.28. The number of methoxy groups -OCH3 is 1. The van der Waals surface area contributed by atoms with Crippen molar-refractivity contribution < 1.29 is 22.8 Å². The molecule has 7 nitrogen and oxygen atoms in total. The highest BCUT2D eigenvalue weighted by Gasteiger charge is 2.20. The minimum atomic E-state index is -3.61. The van der Waals surface area contributed by atoms with E-state index in [0.29, 0.717) is 18.0 Å². The Morgan fingerprint density at radius 3 is 2.41 bits per heavy atom. The first kappa shape index (κ1) is 22.9. The van der Waals surface area contributed by atoms with Crippen molar-refractivity contribution in [3.63, 3.8) is 0 Å². The van der Waals surface area contributed by atoms with E-state index in [1.807, 2.05) is 7.05 Å².